The van der Waals surface area contributed by atoms with Crippen LogP contribution in [0.25, 0.3) is 66.1 Å². The van der Waals surface area contributed by atoms with Gasteiger partial charge >= 0.3 is 37.1 Å². The number of nitrogens with zero attached hydrogens (tertiary/aromatic N) is 1. The van der Waals surface area contributed by atoms with E-state index in [4.69, 9.17) is 0 Å². The second kappa shape index (κ2) is 18.5. The van der Waals surface area contributed by atoms with E-state index in [1.807, 2.05) is 24.3 Å². The Hall–Kier alpha value is -7.02. The molecule has 0 amide bonds. The van der Waals surface area contributed by atoms with E-state index >= 15 is 0 Å². The van der Waals surface area contributed by atoms with Gasteiger partial charge in [0.1, 0.15) is 26.2 Å². The Morgan fingerprint density at radius 1 is 0.272 bits per heavy atom. The number of fused-ring (bicyclic) bond motifs is 14. The van der Waals surface area contributed by atoms with E-state index < -0.39 is 117 Å². The van der Waals surface area contributed by atoms with Crippen LogP contribution < -0.4 is 0 Å². The van der Waals surface area contributed by atoms with Crippen molar-refractivity contribution in [2.75, 3.05) is 0 Å². The summed E-state index contributed by atoms with van der Waals surface area (Å²) in [6.07, 6.45) is -25.8. The molecule has 12 rings (SSSR count). The molecule has 4 aliphatic rings. The first-order chi connectivity index (χ1) is 37.8. The van der Waals surface area contributed by atoms with Crippen molar-refractivity contribution < 1.29 is 83.5 Å². The van der Waals surface area contributed by atoms with Crippen molar-refractivity contribution in [3.63, 3.8) is 0 Å². The summed E-state index contributed by atoms with van der Waals surface area (Å²) in [4.78, 5) is 0. The highest BCUT2D eigenvalue weighted by Crippen LogP contribution is 2.56. The number of quaternary nitrogens is 1. The van der Waals surface area contributed by atoms with Crippen molar-refractivity contribution in [1.29, 1.82) is 0 Å². The van der Waals surface area contributed by atoms with Crippen LogP contribution in [-0.2, 0) is 88.9 Å². The summed E-state index contributed by atoms with van der Waals surface area (Å²) in [5.74, 6) is 0. The van der Waals surface area contributed by atoms with Crippen LogP contribution in [0.5, 0.6) is 0 Å². The SMILES string of the molecule is FC(F)(F)c1cc(-c2cc3cc(C(F)(F)F)ccc3c3c2C[N+]2(Cc4ccc5c(c4-c4c(ccc6c4CCCC6)C2)CCCC5)Cc2c(-c4cc(C(F)(F)F)cc(C(F)(F)F)c4)cc4cc(C(F)(F)F)ccc4c2-3)cc(C(F)(F)F)c1. The molecule has 8 aromatic carbocycles. The number of hydrogen-bond acceptors (Lipinski definition) is 0. The van der Waals surface area contributed by atoms with Gasteiger partial charge in [-0.3, -0.25) is 0 Å². The molecule has 0 N–H and O–H groups in total. The Balaban J connectivity index is 1.30. The summed E-state index contributed by atoms with van der Waals surface area (Å²) >= 11 is 0. The minimum absolute atomic E-state index is 0.0350. The average Bonchev–Trinajstić information content (AvgIpc) is 3.87. The van der Waals surface area contributed by atoms with Gasteiger partial charge in [-0.1, -0.05) is 36.4 Å². The molecule has 0 saturated carbocycles. The predicted octanol–water partition coefficient (Wildman–Crippen LogP) is 20.1. The average molecular weight is 1140 g/mol. The van der Waals surface area contributed by atoms with Crippen LogP contribution in [0.15, 0.2) is 109 Å². The third kappa shape index (κ3) is 9.67. The first-order valence-electron chi connectivity index (χ1n) is 25.9. The van der Waals surface area contributed by atoms with E-state index in [2.05, 4.69) is 0 Å². The Morgan fingerprint density at radius 3 is 0.926 bits per heavy atom. The quantitative estimate of drug-likeness (QED) is 0.120. The minimum atomic E-state index is -5.44. The van der Waals surface area contributed by atoms with Crippen LogP contribution in [0.2, 0.25) is 0 Å². The van der Waals surface area contributed by atoms with Crippen molar-refractivity contribution in [3.05, 3.63) is 187 Å². The molecule has 420 valence electrons. The van der Waals surface area contributed by atoms with Crippen molar-refractivity contribution in [2.24, 2.45) is 0 Å². The van der Waals surface area contributed by atoms with E-state index in [1.54, 1.807) is 0 Å². The Morgan fingerprint density at radius 2 is 0.593 bits per heavy atom. The first-order valence-corrected chi connectivity index (χ1v) is 25.9. The smallest absolute Gasteiger partial charge is 0.309 e. The lowest BCUT2D eigenvalue weighted by Gasteiger charge is -2.39. The van der Waals surface area contributed by atoms with Crippen LogP contribution in [0, 0.1) is 0 Å². The zero-order valence-corrected chi connectivity index (χ0v) is 42.1. The topological polar surface area (TPSA) is 0 Å². The Kier molecular flexibility index (Phi) is 12.5. The van der Waals surface area contributed by atoms with Gasteiger partial charge < -0.3 is 4.48 Å². The van der Waals surface area contributed by atoms with Crippen LogP contribution in [0.3, 0.4) is 0 Å². The largest absolute Gasteiger partial charge is 0.416 e. The molecule has 1 spiro atoms. The molecule has 0 unspecified atom stereocenters. The first kappa shape index (κ1) is 54.6. The summed E-state index contributed by atoms with van der Waals surface area (Å²) in [7, 11) is 0. The highest BCUT2D eigenvalue weighted by molar-refractivity contribution is 6.12. The highest BCUT2D eigenvalue weighted by Gasteiger charge is 2.46. The molecule has 0 radical (unpaired) electrons. The van der Waals surface area contributed by atoms with Crippen LogP contribution in [0.1, 0.15) is 104 Å². The normalized spacial score (nSPS) is 16.5. The standard InChI is InChI=1S/C62H42F18N/c63-57(64,65)39-13-15-47-37(17-39)23-49(35-19-41(59(69,70)71)25-42(20-35)60(72,73)74)51-29-81(27-33-11-9-31-5-1-3-7-45(31)53(33)54-34(28-81)12-10-32-6-2-4-8-46(32)54)30-52-50(36-21-43(61(75,76)77)26-44(22-36)62(78,79)80)24-38-18-40(58(66,67)68)14-16-48(38)56(52)55(47)51/h9-26H,1-8,27-30H2/q+1. The van der Waals surface area contributed by atoms with E-state index in [9.17, 15) is 79.0 Å². The van der Waals surface area contributed by atoms with E-state index in [1.165, 1.54) is 0 Å². The lowest BCUT2D eigenvalue weighted by atomic mass is 9.78. The molecule has 0 saturated heterocycles. The molecular formula is C62H42F18N+. The van der Waals surface area contributed by atoms with Crippen molar-refractivity contribution >= 4 is 21.5 Å². The summed E-state index contributed by atoms with van der Waals surface area (Å²) in [6.45, 7) is -0.878. The van der Waals surface area contributed by atoms with Gasteiger partial charge in [0.2, 0.25) is 0 Å². The fraction of sp³-hybridized carbons (Fsp3) is 0.290. The van der Waals surface area contributed by atoms with Gasteiger partial charge in [-0.2, -0.15) is 79.0 Å². The maximum absolute atomic E-state index is 14.9. The van der Waals surface area contributed by atoms with Gasteiger partial charge in [0, 0.05) is 33.4 Å². The fourth-order valence-electron chi connectivity index (χ4n) is 13.3. The molecule has 8 aromatic rings. The molecule has 2 aliphatic heterocycles. The van der Waals surface area contributed by atoms with Crippen molar-refractivity contribution in [1.82, 2.24) is 0 Å². The molecular weight excluding hydrogens is 1100 g/mol. The molecule has 1 nitrogen and oxygen atoms in total. The monoisotopic (exact) mass is 1140 g/mol. The second-order valence-corrected chi connectivity index (χ2v) is 21.9. The Labute approximate surface area is 450 Å². The molecule has 0 bridgehead atoms. The molecule has 2 heterocycles. The summed E-state index contributed by atoms with van der Waals surface area (Å²) in [5.41, 5.74) is -5.22. The number of hydrogen-bond donors (Lipinski definition) is 0. The Bertz CT molecular complexity index is 3600. The molecule has 19 heteroatoms. The predicted molar refractivity (Wildman–Crippen MR) is 268 cm³/mol. The molecule has 81 heavy (non-hydrogen) atoms. The van der Waals surface area contributed by atoms with Gasteiger partial charge in [-0.25, -0.2) is 0 Å². The van der Waals surface area contributed by atoms with Gasteiger partial charge in [0.25, 0.3) is 0 Å². The zero-order chi connectivity index (χ0) is 57.7. The maximum Gasteiger partial charge on any atom is 0.416 e. The van der Waals surface area contributed by atoms with Gasteiger partial charge in [0.05, 0.1) is 33.4 Å². The molecule has 0 fully saturated rings. The fourth-order valence-corrected chi connectivity index (χ4v) is 13.3. The lowest BCUT2D eigenvalue weighted by molar-refractivity contribution is -0.977. The van der Waals surface area contributed by atoms with Gasteiger partial charge in [-0.15, -0.1) is 0 Å². The maximum atomic E-state index is 14.9. The van der Waals surface area contributed by atoms with Crippen LogP contribution in [-0.4, -0.2) is 4.48 Å². The van der Waals surface area contributed by atoms with Crippen molar-refractivity contribution in [2.45, 2.75) is 115 Å². The highest BCUT2D eigenvalue weighted by atomic mass is 19.4. The van der Waals surface area contributed by atoms with Crippen LogP contribution in [0.4, 0.5) is 79.0 Å². The summed E-state index contributed by atoms with van der Waals surface area (Å²) < 4.78 is 268. The third-order valence-electron chi connectivity index (χ3n) is 16.7. The zero-order valence-electron chi connectivity index (χ0n) is 42.1. The van der Waals surface area contributed by atoms with E-state index in [-0.39, 0.29) is 62.7 Å². The van der Waals surface area contributed by atoms with Gasteiger partial charge in [-0.05, 0) is 201 Å². The minimum Gasteiger partial charge on any atom is -0.309 e. The van der Waals surface area contributed by atoms with Gasteiger partial charge in [0.15, 0.2) is 0 Å². The van der Waals surface area contributed by atoms with Crippen molar-refractivity contribution in [3.8, 4) is 44.5 Å². The second-order valence-electron chi connectivity index (χ2n) is 21.9. The third-order valence-corrected chi connectivity index (χ3v) is 16.7. The number of halogens is 18. The summed E-state index contributed by atoms with van der Waals surface area (Å²) in [5, 5.41) is -1.14. The van der Waals surface area contributed by atoms with Crippen LogP contribution >= 0.6 is 0 Å². The van der Waals surface area contributed by atoms with E-state index in [0.717, 1.165) is 107 Å². The molecule has 0 aromatic heterocycles. The molecule has 2 aliphatic carbocycles. The van der Waals surface area contributed by atoms with E-state index in [0.29, 0.717) is 61.4 Å². The number of alkyl halides is 18. The number of aryl methyl sites for hydroxylation is 2. The number of rotatable bonds is 2. The molecule has 0 atom stereocenters. The summed E-state index contributed by atoms with van der Waals surface area (Å²) in [6, 6.07) is 15.8. The lowest BCUT2D eigenvalue weighted by Crippen LogP contribution is -2.44. The number of benzene rings is 8.